The molecule has 4 rings (SSSR count). The average Bonchev–Trinajstić information content (AvgIpc) is 3.42. The molecule has 0 spiro atoms. The summed E-state index contributed by atoms with van der Waals surface area (Å²) in [7, 11) is 0. The van der Waals surface area contributed by atoms with Crippen molar-refractivity contribution in [2.45, 2.75) is 52.2 Å². The Kier molecular flexibility index (Phi) is 6.06. The number of aromatic nitrogens is 4. The smallest absolute Gasteiger partial charge is 0.218 e. The minimum absolute atomic E-state index is 0.0183. The Morgan fingerprint density at radius 2 is 2.03 bits per heavy atom. The number of piperidine rings is 1. The third kappa shape index (κ3) is 4.62. The molecule has 1 aromatic carbocycles. The van der Waals surface area contributed by atoms with Crippen LogP contribution < -0.4 is 0 Å². The van der Waals surface area contributed by atoms with Gasteiger partial charge in [0.1, 0.15) is 18.2 Å². The first-order valence-electron chi connectivity index (χ1n) is 10.5. The van der Waals surface area contributed by atoms with Crippen molar-refractivity contribution in [3.63, 3.8) is 0 Å². The van der Waals surface area contributed by atoms with E-state index in [1.807, 2.05) is 6.92 Å². The van der Waals surface area contributed by atoms with Crippen molar-refractivity contribution in [2.24, 2.45) is 11.1 Å². The zero-order valence-electron chi connectivity index (χ0n) is 17.6. The number of amidine groups is 1. The van der Waals surface area contributed by atoms with Gasteiger partial charge in [0.25, 0.3) is 0 Å². The summed E-state index contributed by atoms with van der Waals surface area (Å²) in [5, 5.41) is 16.2. The molecule has 1 fully saturated rings. The fourth-order valence-corrected chi connectivity index (χ4v) is 4.05. The number of benzene rings is 1. The topological polar surface area (TPSA) is 103 Å². The second-order valence-electron chi connectivity index (χ2n) is 7.97. The summed E-state index contributed by atoms with van der Waals surface area (Å²) in [5.41, 5.74) is 1.39. The SMILES string of the molecule is CCc1ccc(F)cc1C(=O)C1CCN(C2=NOC(c3nnn(CC(C)=O)n3)C2)CC1. The van der Waals surface area contributed by atoms with Gasteiger partial charge in [-0.15, -0.1) is 10.2 Å². The molecule has 0 N–H and O–H groups in total. The molecule has 0 radical (unpaired) electrons. The minimum atomic E-state index is -0.436. The molecule has 2 aromatic rings. The highest BCUT2D eigenvalue weighted by molar-refractivity contribution is 5.99. The van der Waals surface area contributed by atoms with Crippen molar-refractivity contribution in [3.05, 3.63) is 41.0 Å². The number of tetrazole rings is 1. The third-order valence-electron chi connectivity index (χ3n) is 5.72. The lowest BCUT2D eigenvalue weighted by Gasteiger charge is -2.32. The largest absolute Gasteiger partial charge is 0.382 e. The van der Waals surface area contributed by atoms with Gasteiger partial charge < -0.3 is 9.74 Å². The predicted octanol–water partition coefficient (Wildman–Crippen LogP) is 2.33. The number of carbonyl (C=O) groups is 2. The Bertz CT molecular complexity index is 1010. The number of Topliss-reactive ketones (excluding diaryl/α,β-unsaturated/α-hetero) is 2. The van der Waals surface area contributed by atoms with Gasteiger partial charge >= 0.3 is 0 Å². The number of hydrogen-bond acceptors (Lipinski definition) is 8. The van der Waals surface area contributed by atoms with Gasteiger partial charge in [-0.2, -0.15) is 4.80 Å². The van der Waals surface area contributed by atoms with Crippen LogP contribution in [0.5, 0.6) is 0 Å². The molecule has 0 saturated carbocycles. The number of likely N-dealkylation sites (tertiary alicyclic amines) is 1. The Labute approximate surface area is 179 Å². The van der Waals surface area contributed by atoms with Crippen LogP contribution in [-0.2, 0) is 22.6 Å². The average molecular weight is 428 g/mol. The van der Waals surface area contributed by atoms with Crippen LogP contribution >= 0.6 is 0 Å². The summed E-state index contributed by atoms with van der Waals surface area (Å²) in [5.74, 6) is 0.632. The van der Waals surface area contributed by atoms with Crippen LogP contribution in [0.3, 0.4) is 0 Å². The Balaban J connectivity index is 1.33. The quantitative estimate of drug-likeness (QED) is 0.651. The van der Waals surface area contributed by atoms with Crippen molar-refractivity contribution >= 4 is 17.4 Å². The van der Waals surface area contributed by atoms with E-state index in [9.17, 15) is 14.0 Å². The van der Waals surface area contributed by atoms with E-state index in [1.54, 1.807) is 6.07 Å². The van der Waals surface area contributed by atoms with Gasteiger partial charge in [-0.25, -0.2) is 4.39 Å². The third-order valence-corrected chi connectivity index (χ3v) is 5.72. The lowest BCUT2D eigenvalue weighted by atomic mass is 9.86. The van der Waals surface area contributed by atoms with Crippen LogP contribution in [-0.4, -0.2) is 55.6 Å². The first kappa shape index (κ1) is 21.1. The van der Waals surface area contributed by atoms with Gasteiger partial charge in [0.15, 0.2) is 17.7 Å². The van der Waals surface area contributed by atoms with E-state index in [4.69, 9.17) is 4.84 Å². The molecule has 1 unspecified atom stereocenters. The van der Waals surface area contributed by atoms with Crippen LogP contribution in [0.1, 0.15) is 61.0 Å². The molecular formula is C21H25FN6O3. The number of halogens is 1. The van der Waals surface area contributed by atoms with Gasteiger partial charge in [0.2, 0.25) is 5.82 Å². The van der Waals surface area contributed by atoms with E-state index in [0.29, 0.717) is 50.2 Å². The summed E-state index contributed by atoms with van der Waals surface area (Å²) in [6, 6.07) is 4.46. The number of carbonyl (C=O) groups excluding carboxylic acids is 2. The molecule has 3 heterocycles. The number of nitrogens with zero attached hydrogens (tertiary/aromatic N) is 6. The fraction of sp³-hybridized carbons (Fsp3) is 0.524. The second-order valence-corrected chi connectivity index (χ2v) is 7.97. The molecule has 1 atom stereocenters. The summed E-state index contributed by atoms with van der Waals surface area (Å²) in [6.45, 7) is 4.84. The highest BCUT2D eigenvalue weighted by Crippen LogP contribution is 2.29. The number of oxime groups is 1. The van der Waals surface area contributed by atoms with E-state index < -0.39 is 6.10 Å². The fourth-order valence-electron chi connectivity index (χ4n) is 4.05. The number of rotatable bonds is 6. The van der Waals surface area contributed by atoms with Crippen LogP contribution in [0.4, 0.5) is 4.39 Å². The van der Waals surface area contributed by atoms with Crippen LogP contribution in [0.15, 0.2) is 23.4 Å². The Morgan fingerprint density at radius 1 is 1.26 bits per heavy atom. The number of hydrogen-bond donors (Lipinski definition) is 0. The first-order chi connectivity index (χ1) is 14.9. The van der Waals surface area contributed by atoms with E-state index in [2.05, 4.69) is 25.5 Å². The van der Waals surface area contributed by atoms with Crippen molar-refractivity contribution in [2.75, 3.05) is 13.1 Å². The zero-order valence-corrected chi connectivity index (χ0v) is 17.6. The summed E-state index contributed by atoms with van der Waals surface area (Å²) >= 11 is 0. The molecule has 0 bridgehead atoms. The standard InChI is InChI=1S/C21H25FN6O3/c1-3-14-4-5-16(22)10-17(14)20(30)15-6-8-27(9-7-15)19-11-18(31-25-19)21-23-26-28(24-21)12-13(2)29/h4-5,10,15,18H,3,6-9,11-12H2,1-2H3. The second kappa shape index (κ2) is 8.91. The minimum Gasteiger partial charge on any atom is -0.382 e. The summed E-state index contributed by atoms with van der Waals surface area (Å²) < 4.78 is 13.7. The van der Waals surface area contributed by atoms with Crippen molar-refractivity contribution in [3.8, 4) is 0 Å². The van der Waals surface area contributed by atoms with E-state index >= 15 is 0 Å². The van der Waals surface area contributed by atoms with E-state index in [-0.39, 0.29) is 29.8 Å². The van der Waals surface area contributed by atoms with Crippen LogP contribution in [0.25, 0.3) is 0 Å². The molecule has 1 aromatic heterocycles. The van der Waals surface area contributed by atoms with Crippen molar-refractivity contribution in [1.82, 2.24) is 25.1 Å². The summed E-state index contributed by atoms with van der Waals surface area (Å²) in [4.78, 5) is 33.0. The van der Waals surface area contributed by atoms with Gasteiger partial charge in [-0.3, -0.25) is 9.59 Å². The molecule has 0 aliphatic carbocycles. The van der Waals surface area contributed by atoms with Gasteiger partial charge in [-0.05, 0) is 49.1 Å². The van der Waals surface area contributed by atoms with Gasteiger partial charge in [0, 0.05) is 24.6 Å². The van der Waals surface area contributed by atoms with Crippen LogP contribution in [0.2, 0.25) is 0 Å². The maximum absolute atomic E-state index is 13.7. The predicted molar refractivity (Wildman–Crippen MR) is 109 cm³/mol. The normalized spacial score (nSPS) is 19.3. The molecule has 31 heavy (non-hydrogen) atoms. The monoisotopic (exact) mass is 428 g/mol. The lowest BCUT2D eigenvalue weighted by molar-refractivity contribution is -0.117. The Morgan fingerprint density at radius 3 is 2.74 bits per heavy atom. The molecule has 9 nitrogen and oxygen atoms in total. The Hall–Kier alpha value is -3.17. The highest BCUT2D eigenvalue weighted by Gasteiger charge is 2.34. The van der Waals surface area contributed by atoms with Crippen LogP contribution in [0, 0.1) is 11.7 Å². The molecule has 1 saturated heterocycles. The molecule has 2 aliphatic rings. The molecule has 2 aliphatic heterocycles. The maximum atomic E-state index is 13.7. The van der Waals surface area contributed by atoms with Crippen molar-refractivity contribution in [1.29, 1.82) is 0 Å². The molecule has 0 amide bonds. The number of aryl methyl sites for hydroxylation is 1. The molecule has 164 valence electrons. The first-order valence-corrected chi connectivity index (χ1v) is 10.5. The summed E-state index contributed by atoms with van der Waals surface area (Å²) in [6.07, 6.45) is 2.12. The van der Waals surface area contributed by atoms with Gasteiger partial charge in [0.05, 0.1) is 6.42 Å². The molecular weight excluding hydrogens is 403 g/mol. The molecule has 10 heteroatoms. The zero-order chi connectivity index (χ0) is 22.0. The van der Waals surface area contributed by atoms with E-state index in [1.165, 1.54) is 23.9 Å². The highest BCUT2D eigenvalue weighted by atomic mass is 19.1. The maximum Gasteiger partial charge on any atom is 0.218 e. The lowest BCUT2D eigenvalue weighted by Crippen LogP contribution is -2.40. The number of ketones is 2. The van der Waals surface area contributed by atoms with E-state index in [0.717, 1.165) is 11.4 Å². The van der Waals surface area contributed by atoms with Gasteiger partial charge in [-0.1, -0.05) is 18.1 Å². The van der Waals surface area contributed by atoms with Crippen molar-refractivity contribution < 1.29 is 18.8 Å².